The van der Waals surface area contributed by atoms with Gasteiger partial charge in [-0.15, -0.1) is 0 Å². The number of ether oxygens (including phenoxy) is 3. The zero-order valence-electron chi connectivity index (χ0n) is 16.5. The minimum atomic E-state index is -0.883. The number of hydrogen-bond acceptors (Lipinski definition) is 5. The minimum Gasteiger partial charge on any atom is -0.508 e. The van der Waals surface area contributed by atoms with E-state index in [0.29, 0.717) is 44.6 Å². The molecular formula is C23H23O6P. The minimum absolute atomic E-state index is 0.0599. The highest BCUT2D eigenvalue weighted by atomic mass is 31.1. The Balaban J connectivity index is 1.72. The van der Waals surface area contributed by atoms with Crippen LogP contribution in [0.1, 0.15) is 5.56 Å². The number of carbonyl (C=O) groups is 1. The van der Waals surface area contributed by atoms with E-state index in [0.717, 1.165) is 10.6 Å². The maximum atomic E-state index is 11.1. The molecule has 0 fully saturated rings. The number of phenolic OH excluding ortho intramolecular Hbond substituents is 1. The molecule has 1 unspecified atom stereocenters. The third-order valence-electron chi connectivity index (χ3n) is 4.07. The quantitative estimate of drug-likeness (QED) is 0.382. The highest BCUT2D eigenvalue weighted by molar-refractivity contribution is 7.55. The number of aliphatic carboxylic acids is 1. The predicted molar refractivity (Wildman–Crippen MR) is 117 cm³/mol. The van der Waals surface area contributed by atoms with Crippen molar-refractivity contribution in [3.05, 3.63) is 72.3 Å². The second kappa shape index (κ2) is 10.6. The molecule has 0 saturated heterocycles. The Labute approximate surface area is 176 Å². The van der Waals surface area contributed by atoms with Crippen molar-refractivity contribution in [2.75, 3.05) is 20.3 Å². The van der Waals surface area contributed by atoms with Gasteiger partial charge >= 0.3 is 5.97 Å². The first-order valence-corrected chi connectivity index (χ1v) is 10.3. The van der Waals surface area contributed by atoms with Crippen LogP contribution in [0.4, 0.5) is 0 Å². The number of carboxylic acid groups (broad SMARTS) is 1. The molecule has 3 aromatic carbocycles. The van der Waals surface area contributed by atoms with Gasteiger partial charge in [0.05, 0.1) is 13.0 Å². The van der Waals surface area contributed by atoms with Gasteiger partial charge in [0.2, 0.25) is 0 Å². The third kappa shape index (κ3) is 6.76. The smallest absolute Gasteiger partial charge is 0.307 e. The lowest BCUT2D eigenvalue weighted by atomic mass is 10.1. The van der Waals surface area contributed by atoms with Gasteiger partial charge in [0.15, 0.2) is 0 Å². The lowest BCUT2D eigenvalue weighted by Gasteiger charge is -2.11. The number of aromatic hydroxyl groups is 1. The number of hydrogen-bond donors (Lipinski definition) is 2. The Morgan fingerprint density at radius 3 is 2.40 bits per heavy atom. The largest absolute Gasteiger partial charge is 0.508 e. The maximum absolute atomic E-state index is 11.1. The van der Waals surface area contributed by atoms with Crippen LogP contribution in [0.3, 0.4) is 0 Å². The van der Waals surface area contributed by atoms with E-state index in [1.807, 2.05) is 36.4 Å². The summed E-state index contributed by atoms with van der Waals surface area (Å²) >= 11 is 0. The first-order valence-electron chi connectivity index (χ1n) is 9.33. The molecule has 0 aliphatic heterocycles. The highest BCUT2D eigenvalue weighted by Crippen LogP contribution is 2.25. The molecule has 0 heterocycles. The average Bonchev–Trinajstić information content (AvgIpc) is 2.69. The zero-order chi connectivity index (χ0) is 21.3. The van der Waals surface area contributed by atoms with E-state index in [1.54, 1.807) is 37.4 Å². The van der Waals surface area contributed by atoms with Crippen molar-refractivity contribution in [2.24, 2.45) is 0 Å². The van der Waals surface area contributed by atoms with E-state index < -0.39 is 5.97 Å². The van der Waals surface area contributed by atoms with Crippen LogP contribution in [0.2, 0.25) is 0 Å². The summed E-state index contributed by atoms with van der Waals surface area (Å²) in [6.07, 6.45) is -0.0599. The van der Waals surface area contributed by atoms with Gasteiger partial charge in [-0.25, -0.2) is 0 Å². The number of phenols is 1. The van der Waals surface area contributed by atoms with Crippen molar-refractivity contribution >= 4 is 25.2 Å². The molecule has 0 aliphatic rings. The van der Waals surface area contributed by atoms with Crippen LogP contribution in [0.15, 0.2) is 66.7 Å². The molecule has 3 aromatic rings. The molecule has 1 atom stereocenters. The van der Waals surface area contributed by atoms with Crippen LogP contribution >= 0.6 is 8.58 Å². The van der Waals surface area contributed by atoms with Crippen LogP contribution in [-0.4, -0.2) is 36.5 Å². The van der Waals surface area contributed by atoms with Crippen molar-refractivity contribution in [1.29, 1.82) is 0 Å². The fourth-order valence-electron chi connectivity index (χ4n) is 2.79. The fraction of sp³-hybridized carbons (Fsp3) is 0.174. The van der Waals surface area contributed by atoms with Gasteiger partial charge < -0.3 is 24.4 Å². The summed E-state index contributed by atoms with van der Waals surface area (Å²) in [6, 6.07) is 19.9. The molecule has 7 heteroatoms. The summed E-state index contributed by atoms with van der Waals surface area (Å²) in [5, 5.41) is 20.7. The van der Waals surface area contributed by atoms with Crippen LogP contribution in [0.5, 0.6) is 23.0 Å². The van der Waals surface area contributed by atoms with Gasteiger partial charge in [-0.2, -0.15) is 0 Å². The van der Waals surface area contributed by atoms with Gasteiger partial charge in [-0.1, -0.05) is 32.8 Å². The van der Waals surface area contributed by atoms with E-state index in [-0.39, 0.29) is 12.2 Å². The van der Waals surface area contributed by atoms with Gasteiger partial charge in [0, 0.05) is 13.2 Å². The highest BCUT2D eigenvalue weighted by Gasteiger charge is 2.08. The first kappa shape index (κ1) is 21.6. The van der Waals surface area contributed by atoms with E-state index in [4.69, 9.17) is 19.3 Å². The van der Waals surface area contributed by atoms with Gasteiger partial charge in [0.25, 0.3) is 0 Å². The summed E-state index contributed by atoms with van der Waals surface area (Å²) in [7, 11) is 1.94. The van der Waals surface area contributed by atoms with E-state index in [1.165, 1.54) is 0 Å². The van der Waals surface area contributed by atoms with Gasteiger partial charge in [-0.3, -0.25) is 4.79 Å². The predicted octanol–water partition coefficient (Wildman–Crippen LogP) is 3.47. The van der Waals surface area contributed by atoms with Crippen molar-refractivity contribution in [2.45, 2.75) is 6.42 Å². The summed E-state index contributed by atoms with van der Waals surface area (Å²) in [6.45, 7) is 0.859. The van der Waals surface area contributed by atoms with Crippen molar-refractivity contribution in [3.63, 3.8) is 0 Å². The Hall–Kier alpha value is -3.08. The summed E-state index contributed by atoms with van der Waals surface area (Å²) in [5.74, 6) is 1.13. The standard InChI is InChI=1S/C23H23O6P/c1-27-9-10-28-20-11-16(13-23(25)26)12-22(15-20)30-21-7-5-18(6-8-21)29-19-4-2-3-17(24)14-19/h2-8,11-12,14-15,24,30H,9-10,13H2,1H3,(H,25,26). The van der Waals surface area contributed by atoms with E-state index in [9.17, 15) is 9.90 Å². The molecule has 0 radical (unpaired) electrons. The van der Waals surface area contributed by atoms with Crippen LogP contribution < -0.4 is 20.1 Å². The van der Waals surface area contributed by atoms with E-state index in [2.05, 4.69) is 0 Å². The van der Waals surface area contributed by atoms with Gasteiger partial charge in [0.1, 0.15) is 29.6 Å². The van der Waals surface area contributed by atoms with Crippen molar-refractivity contribution < 1.29 is 29.2 Å². The van der Waals surface area contributed by atoms with Crippen molar-refractivity contribution in [1.82, 2.24) is 0 Å². The first-order chi connectivity index (χ1) is 14.5. The Bertz CT molecular complexity index is 987. The molecule has 6 nitrogen and oxygen atoms in total. The molecule has 0 aromatic heterocycles. The fourth-order valence-corrected chi connectivity index (χ4v) is 3.93. The molecule has 0 aliphatic carbocycles. The number of carboxylic acids is 1. The Morgan fingerprint density at radius 1 is 0.900 bits per heavy atom. The number of rotatable bonds is 10. The van der Waals surface area contributed by atoms with Crippen LogP contribution in [0, 0.1) is 0 Å². The average molecular weight is 426 g/mol. The molecule has 0 amide bonds. The third-order valence-corrected chi connectivity index (χ3v) is 5.27. The lowest BCUT2D eigenvalue weighted by Crippen LogP contribution is -2.10. The van der Waals surface area contributed by atoms with Crippen LogP contribution in [-0.2, 0) is 16.0 Å². The molecule has 30 heavy (non-hydrogen) atoms. The Kier molecular flexibility index (Phi) is 7.66. The molecule has 0 spiro atoms. The number of methoxy groups -OCH3 is 1. The summed E-state index contributed by atoms with van der Waals surface area (Å²) < 4.78 is 16.4. The molecule has 2 N–H and O–H groups in total. The molecule has 3 rings (SSSR count). The number of benzene rings is 3. The summed E-state index contributed by atoms with van der Waals surface area (Å²) in [5.41, 5.74) is 0.698. The van der Waals surface area contributed by atoms with Gasteiger partial charge in [-0.05, 0) is 52.6 Å². The monoisotopic (exact) mass is 426 g/mol. The molecule has 0 saturated carbocycles. The topological polar surface area (TPSA) is 85.2 Å². The molecule has 0 bridgehead atoms. The van der Waals surface area contributed by atoms with E-state index >= 15 is 0 Å². The maximum Gasteiger partial charge on any atom is 0.307 e. The SMILES string of the molecule is COCCOc1cc(CC(=O)O)cc(Pc2ccc(Oc3cccc(O)c3)cc2)c1. The second-order valence-electron chi connectivity index (χ2n) is 6.53. The second-order valence-corrected chi connectivity index (χ2v) is 7.93. The zero-order valence-corrected chi connectivity index (χ0v) is 17.5. The van der Waals surface area contributed by atoms with Crippen LogP contribution in [0.25, 0.3) is 0 Å². The van der Waals surface area contributed by atoms with Crippen molar-refractivity contribution in [3.8, 4) is 23.0 Å². The Morgan fingerprint density at radius 2 is 1.70 bits per heavy atom. The molecular weight excluding hydrogens is 403 g/mol. The summed E-state index contributed by atoms with van der Waals surface area (Å²) in [4.78, 5) is 11.1. The normalized spacial score (nSPS) is 11.0. The lowest BCUT2D eigenvalue weighted by molar-refractivity contribution is -0.136. The molecule has 156 valence electrons.